The molecule has 0 saturated carbocycles. The van der Waals surface area contributed by atoms with E-state index in [0.29, 0.717) is 0 Å². The van der Waals surface area contributed by atoms with Gasteiger partial charge in [0.25, 0.3) is 0 Å². The second kappa shape index (κ2) is 4.40. The monoisotopic (exact) mass is 242 g/mol. The molecule has 0 spiro atoms. The molecule has 0 radical (unpaired) electrons. The molecule has 1 unspecified atom stereocenters. The highest BCUT2D eigenvalue weighted by atomic mass is 16.6. The summed E-state index contributed by atoms with van der Waals surface area (Å²) in [5, 5.41) is 23.8. The van der Waals surface area contributed by atoms with Crippen molar-refractivity contribution in [3.63, 3.8) is 0 Å². The van der Waals surface area contributed by atoms with E-state index in [4.69, 9.17) is 5.11 Å². The van der Waals surface area contributed by atoms with Gasteiger partial charge in [0.05, 0.1) is 4.92 Å². The summed E-state index contributed by atoms with van der Waals surface area (Å²) < 4.78 is 1.31. The zero-order chi connectivity index (χ0) is 13.3. The molecule has 0 aromatic carbocycles. The Labute approximate surface area is 97.6 Å². The molecule has 0 amide bonds. The van der Waals surface area contributed by atoms with Crippen LogP contribution < -0.4 is 4.90 Å². The minimum Gasteiger partial charge on any atom is -0.480 e. The molecular formula is C9H14N4O4. The van der Waals surface area contributed by atoms with E-state index in [-0.39, 0.29) is 17.2 Å². The standard InChI is InChI=1S/C9H14N4O4/c1-5-7(13(16)17)8(12(4)10-5)11(3)6(2)9(14)15/h6H,1-4H3,(H,14,15). The first-order valence-corrected chi connectivity index (χ1v) is 4.91. The van der Waals surface area contributed by atoms with Gasteiger partial charge in [0.2, 0.25) is 5.82 Å². The van der Waals surface area contributed by atoms with Crippen molar-refractivity contribution in [2.75, 3.05) is 11.9 Å². The highest BCUT2D eigenvalue weighted by molar-refractivity contribution is 5.78. The Morgan fingerprint density at radius 1 is 1.65 bits per heavy atom. The summed E-state index contributed by atoms with van der Waals surface area (Å²) in [7, 11) is 3.03. The third kappa shape index (κ3) is 2.19. The van der Waals surface area contributed by atoms with Gasteiger partial charge >= 0.3 is 11.7 Å². The van der Waals surface area contributed by atoms with E-state index in [0.717, 1.165) is 0 Å². The van der Waals surface area contributed by atoms with Gasteiger partial charge in [-0.1, -0.05) is 0 Å². The van der Waals surface area contributed by atoms with Crippen molar-refractivity contribution >= 4 is 17.5 Å². The van der Waals surface area contributed by atoms with E-state index >= 15 is 0 Å². The fraction of sp³-hybridized carbons (Fsp3) is 0.556. The topological polar surface area (TPSA) is 102 Å². The van der Waals surface area contributed by atoms with Crippen LogP contribution in [0.5, 0.6) is 0 Å². The summed E-state index contributed by atoms with van der Waals surface area (Å²) in [6.07, 6.45) is 0. The maximum atomic E-state index is 10.9. The smallest absolute Gasteiger partial charge is 0.333 e. The van der Waals surface area contributed by atoms with E-state index in [9.17, 15) is 14.9 Å². The molecule has 0 fully saturated rings. The first-order chi connectivity index (χ1) is 7.77. The molecule has 1 atom stereocenters. The van der Waals surface area contributed by atoms with E-state index in [1.807, 2.05) is 0 Å². The summed E-state index contributed by atoms with van der Waals surface area (Å²) in [5.74, 6) is -0.872. The van der Waals surface area contributed by atoms with Crippen molar-refractivity contribution in [1.82, 2.24) is 9.78 Å². The number of aromatic nitrogens is 2. The van der Waals surface area contributed by atoms with Crippen LogP contribution in [0.3, 0.4) is 0 Å². The first kappa shape index (κ1) is 12.9. The van der Waals surface area contributed by atoms with E-state index in [2.05, 4.69) is 5.10 Å². The van der Waals surface area contributed by atoms with Crippen molar-refractivity contribution in [3.8, 4) is 0 Å². The second-order valence-corrected chi connectivity index (χ2v) is 3.76. The Hall–Kier alpha value is -2.12. The quantitative estimate of drug-likeness (QED) is 0.611. The number of carboxylic acid groups (broad SMARTS) is 1. The number of anilines is 1. The van der Waals surface area contributed by atoms with Crippen LogP contribution in [0.1, 0.15) is 12.6 Å². The van der Waals surface area contributed by atoms with Gasteiger partial charge in [-0.15, -0.1) is 0 Å². The average Bonchev–Trinajstić information content (AvgIpc) is 2.51. The molecule has 94 valence electrons. The zero-order valence-electron chi connectivity index (χ0n) is 10.0. The van der Waals surface area contributed by atoms with Gasteiger partial charge in [-0.3, -0.25) is 10.1 Å². The fourth-order valence-electron chi connectivity index (χ4n) is 1.59. The molecule has 1 heterocycles. The number of likely N-dealkylation sites (N-methyl/N-ethyl adjacent to an activating group) is 1. The molecule has 0 bridgehead atoms. The van der Waals surface area contributed by atoms with Crippen molar-refractivity contribution in [2.45, 2.75) is 19.9 Å². The molecule has 0 aliphatic carbocycles. The summed E-state index contributed by atoms with van der Waals surface area (Å²) in [4.78, 5) is 22.6. The minimum atomic E-state index is -1.05. The van der Waals surface area contributed by atoms with Crippen molar-refractivity contribution < 1.29 is 14.8 Å². The van der Waals surface area contributed by atoms with Crippen LogP contribution in [-0.4, -0.2) is 38.9 Å². The third-order valence-corrected chi connectivity index (χ3v) is 2.62. The normalized spacial score (nSPS) is 12.2. The van der Waals surface area contributed by atoms with Gasteiger partial charge in [0, 0.05) is 14.1 Å². The number of rotatable bonds is 4. The van der Waals surface area contributed by atoms with Crippen molar-refractivity contribution in [2.24, 2.45) is 7.05 Å². The Balaban J connectivity index is 3.30. The number of carbonyl (C=O) groups is 1. The lowest BCUT2D eigenvalue weighted by atomic mass is 10.3. The molecular weight excluding hydrogens is 228 g/mol. The lowest BCUT2D eigenvalue weighted by molar-refractivity contribution is -0.384. The van der Waals surface area contributed by atoms with Gasteiger partial charge in [-0.25, -0.2) is 9.48 Å². The SMILES string of the molecule is Cc1nn(C)c(N(C)C(C)C(=O)O)c1[N+](=O)[O-]. The van der Waals surface area contributed by atoms with Gasteiger partial charge in [-0.05, 0) is 13.8 Å². The largest absolute Gasteiger partial charge is 0.480 e. The Morgan fingerprint density at radius 3 is 2.59 bits per heavy atom. The molecule has 1 rings (SSSR count). The molecule has 8 heteroatoms. The maximum absolute atomic E-state index is 10.9. The van der Waals surface area contributed by atoms with Crippen LogP contribution >= 0.6 is 0 Å². The highest BCUT2D eigenvalue weighted by Gasteiger charge is 2.30. The molecule has 0 aliphatic heterocycles. The Kier molecular flexibility index (Phi) is 3.35. The highest BCUT2D eigenvalue weighted by Crippen LogP contribution is 2.31. The summed E-state index contributed by atoms with van der Waals surface area (Å²) in [6.45, 7) is 2.97. The lowest BCUT2D eigenvalue weighted by Gasteiger charge is -2.22. The van der Waals surface area contributed by atoms with Crippen LogP contribution in [0, 0.1) is 17.0 Å². The van der Waals surface area contributed by atoms with Crippen LogP contribution in [-0.2, 0) is 11.8 Å². The molecule has 1 N–H and O–H groups in total. The van der Waals surface area contributed by atoms with Crippen molar-refractivity contribution in [3.05, 3.63) is 15.8 Å². The maximum Gasteiger partial charge on any atom is 0.333 e. The number of carboxylic acids is 1. The molecule has 0 saturated heterocycles. The van der Waals surface area contributed by atoms with E-state index in [1.54, 1.807) is 7.05 Å². The predicted molar refractivity (Wildman–Crippen MR) is 60.1 cm³/mol. The molecule has 0 aliphatic rings. The summed E-state index contributed by atoms with van der Waals surface area (Å²) >= 11 is 0. The van der Waals surface area contributed by atoms with E-state index in [1.165, 1.54) is 30.5 Å². The van der Waals surface area contributed by atoms with Gasteiger partial charge in [0.15, 0.2) is 0 Å². The van der Waals surface area contributed by atoms with Gasteiger partial charge in [-0.2, -0.15) is 5.10 Å². The van der Waals surface area contributed by atoms with Crippen molar-refractivity contribution in [1.29, 1.82) is 0 Å². The number of aryl methyl sites for hydroxylation is 2. The second-order valence-electron chi connectivity index (χ2n) is 3.76. The number of hydrogen-bond acceptors (Lipinski definition) is 5. The van der Waals surface area contributed by atoms with Crippen LogP contribution in [0.4, 0.5) is 11.5 Å². The fourth-order valence-corrected chi connectivity index (χ4v) is 1.59. The van der Waals surface area contributed by atoms with Crippen LogP contribution in [0.15, 0.2) is 0 Å². The zero-order valence-corrected chi connectivity index (χ0v) is 10.0. The molecule has 8 nitrogen and oxygen atoms in total. The van der Waals surface area contributed by atoms with E-state index < -0.39 is 16.9 Å². The molecule has 17 heavy (non-hydrogen) atoms. The molecule has 1 aromatic heterocycles. The van der Waals surface area contributed by atoms with Crippen LogP contribution in [0.2, 0.25) is 0 Å². The Morgan fingerprint density at radius 2 is 2.18 bits per heavy atom. The first-order valence-electron chi connectivity index (χ1n) is 4.91. The predicted octanol–water partition coefficient (Wildman–Crippen LogP) is 0.546. The third-order valence-electron chi connectivity index (χ3n) is 2.62. The Bertz CT molecular complexity index is 468. The van der Waals surface area contributed by atoms with Gasteiger partial charge < -0.3 is 10.0 Å². The average molecular weight is 242 g/mol. The lowest BCUT2D eigenvalue weighted by Crippen LogP contribution is -2.37. The number of hydrogen-bond donors (Lipinski definition) is 1. The number of nitro groups is 1. The van der Waals surface area contributed by atoms with Gasteiger partial charge in [0.1, 0.15) is 11.7 Å². The summed E-state index contributed by atoms with van der Waals surface area (Å²) in [5.41, 5.74) is 0.0973. The number of nitrogens with zero attached hydrogens (tertiary/aromatic N) is 4. The number of aliphatic carboxylic acids is 1. The summed E-state index contributed by atoms with van der Waals surface area (Å²) in [6, 6.07) is -0.872. The van der Waals surface area contributed by atoms with Crippen LogP contribution in [0.25, 0.3) is 0 Å². The minimum absolute atomic E-state index is 0.164. The molecule has 1 aromatic rings.